The number of hydrogen-bond acceptors (Lipinski definition) is 5. The molecule has 1 saturated carbocycles. The van der Waals surface area contributed by atoms with Gasteiger partial charge in [-0.25, -0.2) is 4.79 Å². The molecule has 2 unspecified atom stereocenters. The molecule has 0 radical (unpaired) electrons. The third-order valence-electron chi connectivity index (χ3n) is 8.11. The standard InChI is InChI=1S/C29H28F6N4O3/c30-28(31,32)17-4-3-5-18(12-17)37-27(40)39-20-10-11-21(39)14-19(13-20)36-15-23-25(38-42-26(23)16-8-9-16)22-6-1-2-7-24(22)41-29(33,34)35/h1-7,12,16,19-21,36H,8-11,13-15H2,(H,37,40). The summed E-state index contributed by atoms with van der Waals surface area (Å²) in [5, 5.41) is 10.3. The Hall–Kier alpha value is -3.74. The Balaban J connectivity index is 1.14. The van der Waals surface area contributed by atoms with Crippen molar-refractivity contribution in [1.29, 1.82) is 0 Å². The predicted molar refractivity (Wildman–Crippen MR) is 140 cm³/mol. The van der Waals surface area contributed by atoms with Gasteiger partial charge < -0.3 is 24.8 Å². The molecule has 224 valence electrons. The fourth-order valence-corrected chi connectivity index (χ4v) is 6.13. The number of piperidine rings is 1. The quantitative estimate of drug-likeness (QED) is 0.278. The van der Waals surface area contributed by atoms with Crippen molar-refractivity contribution in [1.82, 2.24) is 15.4 Å². The molecule has 2 aliphatic heterocycles. The summed E-state index contributed by atoms with van der Waals surface area (Å²) < 4.78 is 88.4. The SMILES string of the molecule is O=C(Nc1cccc(C(F)(F)F)c1)N1C2CCC1CC(NCc1c(-c3ccccc3OC(F)(F)F)noc1C1CC1)C2. The summed E-state index contributed by atoms with van der Waals surface area (Å²) in [4.78, 5) is 14.8. The lowest BCUT2D eigenvalue weighted by molar-refractivity contribution is -0.274. The van der Waals surface area contributed by atoms with Gasteiger partial charge in [-0.2, -0.15) is 13.2 Å². The number of benzene rings is 2. The fourth-order valence-electron chi connectivity index (χ4n) is 6.13. The van der Waals surface area contributed by atoms with Crippen molar-refractivity contribution in [2.24, 2.45) is 0 Å². The maximum absolute atomic E-state index is 13.1. The molecule has 6 rings (SSSR count). The predicted octanol–water partition coefficient (Wildman–Crippen LogP) is 7.45. The largest absolute Gasteiger partial charge is 0.573 e. The summed E-state index contributed by atoms with van der Waals surface area (Å²) in [5.74, 6) is 0.455. The van der Waals surface area contributed by atoms with Crippen molar-refractivity contribution in [3.63, 3.8) is 0 Å². The first-order valence-corrected chi connectivity index (χ1v) is 13.8. The van der Waals surface area contributed by atoms with Crippen LogP contribution in [-0.2, 0) is 12.7 Å². The van der Waals surface area contributed by atoms with Crippen LogP contribution in [0.4, 0.5) is 36.8 Å². The zero-order valence-corrected chi connectivity index (χ0v) is 22.3. The average molecular weight is 595 g/mol. The number of halogens is 6. The third-order valence-corrected chi connectivity index (χ3v) is 8.11. The molecule has 1 aliphatic carbocycles. The molecule has 42 heavy (non-hydrogen) atoms. The lowest BCUT2D eigenvalue weighted by Crippen LogP contribution is -2.52. The number of hydrogen-bond donors (Lipinski definition) is 2. The summed E-state index contributed by atoms with van der Waals surface area (Å²) in [5.41, 5.74) is 0.413. The highest BCUT2D eigenvalue weighted by atomic mass is 19.4. The lowest BCUT2D eigenvalue weighted by Gasteiger charge is -2.39. The first-order chi connectivity index (χ1) is 20.0. The van der Waals surface area contributed by atoms with Crippen molar-refractivity contribution in [3.8, 4) is 17.0 Å². The second kappa shape index (κ2) is 10.8. The fraction of sp³-hybridized carbons (Fsp3) is 0.448. The molecular weight excluding hydrogens is 566 g/mol. The van der Waals surface area contributed by atoms with E-state index in [-0.39, 0.29) is 41.0 Å². The van der Waals surface area contributed by atoms with Crippen LogP contribution in [0, 0.1) is 0 Å². The number of carbonyl (C=O) groups excluding carboxylic acids is 1. The molecule has 3 aromatic rings. The lowest BCUT2D eigenvalue weighted by atomic mass is 9.96. The Morgan fingerprint density at radius 1 is 0.976 bits per heavy atom. The van der Waals surface area contributed by atoms with E-state index < -0.39 is 24.1 Å². The van der Waals surface area contributed by atoms with E-state index in [1.807, 2.05) is 0 Å². The van der Waals surface area contributed by atoms with E-state index in [1.165, 1.54) is 30.3 Å². The topological polar surface area (TPSA) is 79.6 Å². The molecule has 1 aromatic heterocycles. The number of rotatable bonds is 7. The summed E-state index contributed by atoms with van der Waals surface area (Å²) >= 11 is 0. The van der Waals surface area contributed by atoms with Crippen LogP contribution < -0.4 is 15.4 Å². The Bertz CT molecular complexity index is 1440. The van der Waals surface area contributed by atoms with Crippen LogP contribution in [0.3, 0.4) is 0 Å². The summed E-state index contributed by atoms with van der Waals surface area (Å²) in [6.07, 6.45) is -4.77. The van der Waals surface area contributed by atoms with E-state index in [9.17, 15) is 31.1 Å². The number of nitrogens with one attached hydrogen (secondary N) is 2. The number of anilines is 1. The summed E-state index contributed by atoms with van der Waals surface area (Å²) in [7, 11) is 0. The van der Waals surface area contributed by atoms with Crippen molar-refractivity contribution in [3.05, 3.63) is 65.4 Å². The van der Waals surface area contributed by atoms with Gasteiger partial charge in [0.2, 0.25) is 0 Å². The monoisotopic (exact) mass is 594 g/mol. The zero-order valence-electron chi connectivity index (χ0n) is 22.3. The van der Waals surface area contributed by atoms with E-state index >= 15 is 0 Å². The third kappa shape index (κ3) is 6.06. The smallest absolute Gasteiger partial charge is 0.405 e. The number of ether oxygens (including phenoxy) is 1. The maximum atomic E-state index is 13.1. The minimum atomic E-state index is -4.86. The van der Waals surface area contributed by atoms with Crippen LogP contribution in [0.25, 0.3) is 11.3 Å². The van der Waals surface area contributed by atoms with Gasteiger partial charge in [-0.1, -0.05) is 23.4 Å². The number of amides is 2. The van der Waals surface area contributed by atoms with E-state index in [4.69, 9.17) is 4.52 Å². The van der Waals surface area contributed by atoms with Gasteiger partial charge in [0.05, 0.1) is 5.56 Å². The minimum absolute atomic E-state index is 0.0107. The Labute approximate surface area is 237 Å². The molecular formula is C29H28F6N4O3. The number of aromatic nitrogens is 1. The van der Waals surface area contributed by atoms with Crippen molar-refractivity contribution < 1.29 is 40.4 Å². The molecule has 2 atom stereocenters. The Kier molecular flexibility index (Phi) is 7.32. The second-order valence-corrected chi connectivity index (χ2v) is 11.0. The number of alkyl halides is 6. The molecule has 2 amide bonds. The number of nitrogens with zero attached hydrogens (tertiary/aromatic N) is 2. The Morgan fingerprint density at radius 3 is 2.36 bits per heavy atom. The first-order valence-electron chi connectivity index (χ1n) is 13.8. The molecule has 2 N–H and O–H groups in total. The van der Waals surface area contributed by atoms with Crippen LogP contribution in [0.2, 0.25) is 0 Å². The number of para-hydroxylation sites is 1. The molecule has 7 nitrogen and oxygen atoms in total. The van der Waals surface area contributed by atoms with E-state index in [0.717, 1.165) is 37.8 Å². The molecule has 3 heterocycles. The van der Waals surface area contributed by atoms with Crippen LogP contribution in [-0.4, -0.2) is 40.6 Å². The van der Waals surface area contributed by atoms with Gasteiger partial charge in [0.25, 0.3) is 0 Å². The van der Waals surface area contributed by atoms with E-state index in [0.29, 0.717) is 36.4 Å². The van der Waals surface area contributed by atoms with Crippen molar-refractivity contribution in [2.75, 3.05) is 5.32 Å². The number of carbonyl (C=O) groups is 1. The number of fused-ring (bicyclic) bond motifs is 2. The van der Waals surface area contributed by atoms with Crippen molar-refractivity contribution in [2.45, 2.75) is 81.7 Å². The van der Waals surface area contributed by atoms with Crippen LogP contribution in [0.15, 0.2) is 53.1 Å². The highest BCUT2D eigenvalue weighted by molar-refractivity contribution is 5.90. The second-order valence-electron chi connectivity index (χ2n) is 11.0. The molecule has 13 heteroatoms. The van der Waals surface area contributed by atoms with E-state index in [1.54, 1.807) is 11.0 Å². The van der Waals surface area contributed by atoms with Gasteiger partial charge >= 0.3 is 18.6 Å². The molecule has 2 saturated heterocycles. The van der Waals surface area contributed by atoms with Gasteiger partial charge in [-0.15, -0.1) is 13.2 Å². The van der Waals surface area contributed by atoms with Gasteiger partial charge in [0.15, 0.2) is 0 Å². The van der Waals surface area contributed by atoms with Gasteiger partial charge in [0, 0.05) is 47.4 Å². The van der Waals surface area contributed by atoms with Crippen LogP contribution in [0.1, 0.15) is 61.3 Å². The van der Waals surface area contributed by atoms with Gasteiger partial charge in [-0.3, -0.25) is 0 Å². The first kappa shape index (κ1) is 28.4. The van der Waals surface area contributed by atoms with Gasteiger partial charge in [0.1, 0.15) is 17.2 Å². The Morgan fingerprint density at radius 2 is 1.69 bits per heavy atom. The van der Waals surface area contributed by atoms with Crippen LogP contribution >= 0.6 is 0 Å². The van der Waals surface area contributed by atoms with Crippen molar-refractivity contribution >= 4 is 11.7 Å². The number of urea groups is 1. The summed E-state index contributed by atoms with van der Waals surface area (Å²) in [6, 6.07) is 9.75. The van der Waals surface area contributed by atoms with E-state index in [2.05, 4.69) is 20.5 Å². The molecule has 2 aromatic carbocycles. The normalized spacial score (nSPS) is 22.3. The highest BCUT2D eigenvalue weighted by Crippen LogP contribution is 2.46. The average Bonchev–Trinajstić information content (AvgIpc) is 3.62. The highest BCUT2D eigenvalue weighted by Gasteiger charge is 2.44. The van der Waals surface area contributed by atoms with Gasteiger partial charge in [-0.05, 0) is 68.9 Å². The maximum Gasteiger partial charge on any atom is 0.573 e. The molecule has 2 bridgehead atoms. The molecule has 3 aliphatic rings. The molecule has 3 fully saturated rings. The molecule has 0 spiro atoms. The minimum Gasteiger partial charge on any atom is -0.405 e. The zero-order chi connectivity index (χ0) is 29.6. The summed E-state index contributed by atoms with van der Waals surface area (Å²) in [6.45, 7) is 0.311. The van der Waals surface area contributed by atoms with Crippen LogP contribution in [0.5, 0.6) is 5.75 Å².